The summed E-state index contributed by atoms with van der Waals surface area (Å²) in [5, 5.41) is 5.27. The van der Waals surface area contributed by atoms with Gasteiger partial charge >= 0.3 is 0 Å². The Labute approximate surface area is 134 Å². The van der Waals surface area contributed by atoms with E-state index in [9.17, 15) is 9.59 Å². The summed E-state index contributed by atoms with van der Waals surface area (Å²) in [6.45, 7) is 1.25. The van der Waals surface area contributed by atoms with Crippen LogP contribution >= 0.6 is 11.3 Å². The Kier molecular flexibility index (Phi) is 3.68. The van der Waals surface area contributed by atoms with Crippen molar-refractivity contribution in [2.24, 2.45) is 5.92 Å². The molecule has 5 heteroatoms. The number of carbonyl (C=O) groups excluding carboxylic acids is 2. The van der Waals surface area contributed by atoms with Gasteiger partial charge in [0, 0.05) is 30.4 Å². The van der Waals surface area contributed by atoms with E-state index < -0.39 is 0 Å². The molecule has 2 heterocycles. The quantitative estimate of drug-likeness (QED) is 0.926. The van der Waals surface area contributed by atoms with Crippen LogP contribution in [0.2, 0.25) is 0 Å². The van der Waals surface area contributed by atoms with Crippen LogP contribution in [-0.4, -0.2) is 29.3 Å². The van der Waals surface area contributed by atoms with Gasteiger partial charge in [-0.05, 0) is 55.0 Å². The maximum absolute atomic E-state index is 12.4. The van der Waals surface area contributed by atoms with Gasteiger partial charge in [0.15, 0.2) is 0 Å². The molecular weight excluding hydrogens is 296 g/mol. The molecular formula is C17H22N2O2S. The zero-order valence-corrected chi connectivity index (χ0v) is 13.6. The first-order valence-electron chi connectivity index (χ1n) is 8.37. The summed E-state index contributed by atoms with van der Waals surface area (Å²) in [6.07, 6.45) is 7.52. The average molecular weight is 318 g/mol. The fraction of sp³-hybridized carbons (Fsp3) is 0.647. The molecule has 1 atom stereocenters. The Morgan fingerprint density at radius 3 is 2.95 bits per heavy atom. The maximum Gasteiger partial charge on any atom is 0.225 e. The van der Waals surface area contributed by atoms with Crippen LogP contribution in [0.5, 0.6) is 0 Å². The fourth-order valence-corrected chi connectivity index (χ4v) is 4.83. The van der Waals surface area contributed by atoms with E-state index in [1.807, 2.05) is 16.2 Å². The van der Waals surface area contributed by atoms with E-state index >= 15 is 0 Å². The number of likely N-dealkylation sites (tertiary alicyclic amines) is 1. The Morgan fingerprint density at radius 1 is 1.32 bits per heavy atom. The average Bonchev–Trinajstić information content (AvgIpc) is 3.17. The SMILES string of the molecule is O=C(NCc1csc2c1CCCC2)[C@@H]1CC(=O)N(C2CC2)C1. The van der Waals surface area contributed by atoms with Gasteiger partial charge in [0.1, 0.15) is 0 Å². The zero-order valence-electron chi connectivity index (χ0n) is 12.8. The van der Waals surface area contributed by atoms with E-state index in [0.717, 1.165) is 19.3 Å². The van der Waals surface area contributed by atoms with E-state index in [-0.39, 0.29) is 17.7 Å². The predicted octanol–water partition coefficient (Wildman–Crippen LogP) is 2.25. The third-order valence-electron chi connectivity index (χ3n) is 5.12. The van der Waals surface area contributed by atoms with E-state index in [4.69, 9.17) is 0 Å². The molecule has 118 valence electrons. The molecule has 0 unspecified atom stereocenters. The molecule has 1 saturated carbocycles. The minimum absolute atomic E-state index is 0.0484. The Balaban J connectivity index is 1.35. The molecule has 2 amide bonds. The Bertz CT molecular complexity index is 606. The van der Waals surface area contributed by atoms with Gasteiger partial charge in [0.25, 0.3) is 0 Å². The highest BCUT2D eigenvalue weighted by molar-refractivity contribution is 7.10. The second-order valence-electron chi connectivity index (χ2n) is 6.77. The van der Waals surface area contributed by atoms with Crippen molar-refractivity contribution in [3.8, 4) is 0 Å². The monoisotopic (exact) mass is 318 g/mol. The van der Waals surface area contributed by atoms with Crippen molar-refractivity contribution in [2.45, 2.75) is 57.5 Å². The molecule has 2 aliphatic carbocycles. The summed E-state index contributed by atoms with van der Waals surface area (Å²) in [6, 6.07) is 0.425. The molecule has 1 aromatic heterocycles. The summed E-state index contributed by atoms with van der Waals surface area (Å²) in [7, 11) is 0. The summed E-state index contributed by atoms with van der Waals surface area (Å²) in [5.41, 5.74) is 2.76. The number of nitrogens with zero attached hydrogens (tertiary/aromatic N) is 1. The number of rotatable bonds is 4. The smallest absolute Gasteiger partial charge is 0.225 e. The second kappa shape index (κ2) is 5.69. The van der Waals surface area contributed by atoms with Gasteiger partial charge in [-0.3, -0.25) is 9.59 Å². The van der Waals surface area contributed by atoms with Crippen LogP contribution in [0.1, 0.15) is 48.1 Å². The summed E-state index contributed by atoms with van der Waals surface area (Å²) in [5.74, 6) is 0.0605. The summed E-state index contributed by atoms with van der Waals surface area (Å²) in [4.78, 5) is 27.7. The first-order valence-corrected chi connectivity index (χ1v) is 9.25. The number of hydrogen-bond donors (Lipinski definition) is 1. The first kappa shape index (κ1) is 14.2. The van der Waals surface area contributed by atoms with Crippen molar-refractivity contribution in [3.63, 3.8) is 0 Å². The van der Waals surface area contributed by atoms with Gasteiger partial charge in [-0.1, -0.05) is 0 Å². The van der Waals surface area contributed by atoms with E-state index in [1.54, 1.807) is 0 Å². The van der Waals surface area contributed by atoms with Crippen molar-refractivity contribution in [1.82, 2.24) is 10.2 Å². The number of fused-ring (bicyclic) bond motifs is 1. The molecule has 22 heavy (non-hydrogen) atoms. The number of hydrogen-bond acceptors (Lipinski definition) is 3. The lowest BCUT2D eigenvalue weighted by Gasteiger charge is -2.16. The van der Waals surface area contributed by atoms with Crippen molar-refractivity contribution in [2.75, 3.05) is 6.54 Å². The van der Waals surface area contributed by atoms with Gasteiger partial charge in [-0.15, -0.1) is 11.3 Å². The van der Waals surface area contributed by atoms with E-state index in [0.29, 0.717) is 25.6 Å². The zero-order chi connectivity index (χ0) is 15.1. The van der Waals surface area contributed by atoms with Gasteiger partial charge in [0.05, 0.1) is 5.92 Å². The lowest BCUT2D eigenvalue weighted by atomic mass is 9.96. The highest BCUT2D eigenvalue weighted by Gasteiger charge is 2.41. The maximum atomic E-state index is 12.4. The van der Waals surface area contributed by atoms with Gasteiger partial charge in [-0.2, -0.15) is 0 Å². The van der Waals surface area contributed by atoms with Crippen LogP contribution in [-0.2, 0) is 29.0 Å². The third kappa shape index (κ3) is 2.67. The van der Waals surface area contributed by atoms with Gasteiger partial charge < -0.3 is 10.2 Å². The normalized spacial score (nSPS) is 24.5. The largest absolute Gasteiger partial charge is 0.352 e. The molecule has 4 rings (SSSR count). The first-order chi connectivity index (χ1) is 10.7. The molecule has 1 saturated heterocycles. The van der Waals surface area contributed by atoms with Gasteiger partial charge in [0.2, 0.25) is 11.8 Å². The van der Waals surface area contributed by atoms with Crippen molar-refractivity contribution >= 4 is 23.2 Å². The van der Waals surface area contributed by atoms with Crippen LogP contribution in [0.15, 0.2) is 5.38 Å². The number of aryl methyl sites for hydroxylation is 1. The molecule has 3 aliphatic rings. The highest BCUT2D eigenvalue weighted by Crippen LogP contribution is 2.33. The molecule has 4 nitrogen and oxygen atoms in total. The van der Waals surface area contributed by atoms with E-state index in [2.05, 4.69) is 10.7 Å². The van der Waals surface area contributed by atoms with Crippen LogP contribution in [0.3, 0.4) is 0 Å². The predicted molar refractivity (Wildman–Crippen MR) is 85.6 cm³/mol. The third-order valence-corrected chi connectivity index (χ3v) is 6.26. The molecule has 0 radical (unpaired) electrons. The second-order valence-corrected chi connectivity index (χ2v) is 7.73. The van der Waals surface area contributed by atoms with Crippen molar-refractivity contribution < 1.29 is 9.59 Å². The number of carbonyl (C=O) groups is 2. The minimum Gasteiger partial charge on any atom is -0.352 e. The van der Waals surface area contributed by atoms with Crippen LogP contribution in [0.25, 0.3) is 0 Å². The standard InChI is InChI=1S/C17H22N2O2S/c20-16-7-11(9-19(16)13-5-6-13)17(21)18-8-12-10-22-15-4-2-1-3-14(12)15/h10-11,13H,1-9H2,(H,18,21)/t11-/m1/s1. The fourth-order valence-electron chi connectivity index (χ4n) is 3.68. The lowest BCUT2D eigenvalue weighted by Crippen LogP contribution is -2.33. The lowest BCUT2D eigenvalue weighted by molar-refractivity contribution is -0.129. The van der Waals surface area contributed by atoms with E-state index in [1.165, 1.54) is 35.3 Å². The summed E-state index contributed by atoms with van der Waals surface area (Å²) < 4.78 is 0. The van der Waals surface area contributed by atoms with Crippen LogP contribution < -0.4 is 5.32 Å². The van der Waals surface area contributed by atoms with Crippen LogP contribution in [0, 0.1) is 5.92 Å². The number of nitrogens with one attached hydrogen (secondary N) is 1. The van der Waals surface area contributed by atoms with Gasteiger partial charge in [-0.25, -0.2) is 0 Å². The highest BCUT2D eigenvalue weighted by atomic mass is 32.1. The Hall–Kier alpha value is -1.36. The molecule has 0 bridgehead atoms. The molecule has 1 aliphatic heterocycles. The molecule has 1 N–H and O–H groups in total. The van der Waals surface area contributed by atoms with Crippen molar-refractivity contribution in [1.29, 1.82) is 0 Å². The molecule has 0 spiro atoms. The summed E-state index contributed by atoms with van der Waals surface area (Å²) >= 11 is 1.84. The molecule has 1 aromatic rings. The van der Waals surface area contributed by atoms with Crippen LogP contribution in [0.4, 0.5) is 0 Å². The minimum atomic E-state index is -0.150. The number of amides is 2. The van der Waals surface area contributed by atoms with Crippen molar-refractivity contribution in [3.05, 3.63) is 21.4 Å². The molecule has 2 fully saturated rings. The number of thiophene rings is 1. The topological polar surface area (TPSA) is 49.4 Å². The Morgan fingerprint density at radius 2 is 2.14 bits per heavy atom. The molecule has 0 aromatic carbocycles.